The SMILES string of the molecule is CC(C)c1ccc(NC(=O)C(=O)NC[C@@H](c2ccco2)N(C)C)cc1. The van der Waals surface area contributed by atoms with Gasteiger partial charge in [0.2, 0.25) is 0 Å². The lowest BCUT2D eigenvalue weighted by atomic mass is 10.0. The van der Waals surface area contributed by atoms with E-state index in [0.717, 1.165) is 5.76 Å². The fraction of sp³-hybridized carbons (Fsp3) is 0.368. The topological polar surface area (TPSA) is 74.6 Å². The Hall–Kier alpha value is -2.60. The summed E-state index contributed by atoms with van der Waals surface area (Å²) in [7, 11) is 3.77. The lowest BCUT2D eigenvalue weighted by molar-refractivity contribution is -0.136. The molecule has 0 saturated carbocycles. The van der Waals surface area contributed by atoms with E-state index >= 15 is 0 Å². The first-order valence-corrected chi connectivity index (χ1v) is 8.27. The molecule has 0 aliphatic rings. The van der Waals surface area contributed by atoms with Crippen LogP contribution in [0, 0.1) is 0 Å². The number of rotatable bonds is 6. The molecular weight excluding hydrogens is 318 g/mol. The monoisotopic (exact) mass is 343 g/mol. The number of furan rings is 1. The Morgan fingerprint density at radius 3 is 2.28 bits per heavy atom. The van der Waals surface area contributed by atoms with Crippen LogP contribution in [0.2, 0.25) is 0 Å². The van der Waals surface area contributed by atoms with Crippen LogP contribution in [-0.2, 0) is 9.59 Å². The second kappa shape index (κ2) is 8.48. The van der Waals surface area contributed by atoms with Gasteiger partial charge in [0.05, 0.1) is 12.3 Å². The highest BCUT2D eigenvalue weighted by atomic mass is 16.3. The van der Waals surface area contributed by atoms with E-state index in [0.29, 0.717) is 11.6 Å². The number of anilines is 1. The summed E-state index contributed by atoms with van der Waals surface area (Å²) in [5, 5.41) is 5.26. The van der Waals surface area contributed by atoms with Crippen molar-refractivity contribution in [2.75, 3.05) is 26.0 Å². The molecule has 0 radical (unpaired) electrons. The summed E-state index contributed by atoms with van der Waals surface area (Å²) >= 11 is 0. The van der Waals surface area contributed by atoms with Gasteiger partial charge in [0, 0.05) is 12.2 Å². The molecule has 6 heteroatoms. The Morgan fingerprint density at radius 1 is 1.08 bits per heavy atom. The first kappa shape index (κ1) is 18.7. The van der Waals surface area contributed by atoms with Crippen molar-refractivity contribution in [3.05, 3.63) is 54.0 Å². The lowest BCUT2D eigenvalue weighted by Crippen LogP contribution is -2.40. The molecule has 0 bridgehead atoms. The van der Waals surface area contributed by atoms with Crippen LogP contribution in [0.1, 0.15) is 37.1 Å². The van der Waals surface area contributed by atoms with Gasteiger partial charge >= 0.3 is 11.8 Å². The average molecular weight is 343 g/mol. The summed E-state index contributed by atoms with van der Waals surface area (Å²) in [5.41, 5.74) is 1.77. The average Bonchev–Trinajstić information content (AvgIpc) is 3.09. The van der Waals surface area contributed by atoms with E-state index in [9.17, 15) is 9.59 Å². The molecule has 0 fully saturated rings. The molecule has 0 aliphatic heterocycles. The van der Waals surface area contributed by atoms with Crippen molar-refractivity contribution < 1.29 is 14.0 Å². The van der Waals surface area contributed by atoms with Crippen LogP contribution in [0.3, 0.4) is 0 Å². The summed E-state index contributed by atoms with van der Waals surface area (Å²) < 4.78 is 5.38. The highest BCUT2D eigenvalue weighted by Crippen LogP contribution is 2.18. The number of amides is 2. The van der Waals surface area contributed by atoms with Crippen molar-refractivity contribution in [1.29, 1.82) is 0 Å². The van der Waals surface area contributed by atoms with Gasteiger partial charge in [-0.3, -0.25) is 14.5 Å². The molecule has 1 heterocycles. The second-order valence-corrected chi connectivity index (χ2v) is 6.44. The van der Waals surface area contributed by atoms with Crippen LogP contribution in [0.5, 0.6) is 0 Å². The number of hydrogen-bond donors (Lipinski definition) is 2. The predicted octanol–water partition coefficient (Wildman–Crippen LogP) is 2.76. The molecule has 1 atom stereocenters. The standard InChI is InChI=1S/C19H25N3O3/c1-13(2)14-7-9-15(10-8-14)21-19(24)18(23)20-12-16(22(3)4)17-6-5-11-25-17/h5-11,13,16H,12H2,1-4H3,(H,20,23)(H,21,24)/t16-/m0/s1. The third-order valence-electron chi connectivity index (χ3n) is 3.99. The Labute approximate surface area is 148 Å². The van der Waals surface area contributed by atoms with Gasteiger partial charge in [-0.15, -0.1) is 0 Å². The molecule has 1 aromatic heterocycles. The minimum absolute atomic E-state index is 0.142. The largest absolute Gasteiger partial charge is 0.468 e. The number of hydrogen-bond acceptors (Lipinski definition) is 4. The van der Waals surface area contributed by atoms with E-state index in [2.05, 4.69) is 24.5 Å². The Kier molecular flexibility index (Phi) is 6.36. The van der Waals surface area contributed by atoms with Crippen molar-refractivity contribution in [1.82, 2.24) is 10.2 Å². The molecule has 2 rings (SSSR count). The van der Waals surface area contributed by atoms with Gasteiger partial charge in [-0.2, -0.15) is 0 Å². The first-order chi connectivity index (χ1) is 11.9. The number of carbonyl (C=O) groups excluding carboxylic acids is 2. The van der Waals surface area contributed by atoms with Crippen LogP contribution >= 0.6 is 0 Å². The molecule has 2 amide bonds. The zero-order chi connectivity index (χ0) is 18.4. The Balaban J connectivity index is 1.90. The first-order valence-electron chi connectivity index (χ1n) is 8.27. The smallest absolute Gasteiger partial charge is 0.313 e. The van der Waals surface area contributed by atoms with E-state index in [-0.39, 0.29) is 12.6 Å². The van der Waals surface area contributed by atoms with Crippen molar-refractivity contribution in [2.45, 2.75) is 25.8 Å². The summed E-state index contributed by atoms with van der Waals surface area (Å²) in [4.78, 5) is 26.0. The van der Waals surface area contributed by atoms with Gasteiger partial charge in [0.25, 0.3) is 0 Å². The highest BCUT2D eigenvalue weighted by molar-refractivity contribution is 6.39. The maximum Gasteiger partial charge on any atom is 0.313 e. The van der Waals surface area contributed by atoms with Gasteiger partial charge in [0.15, 0.2) is 0 Å². The maximum absolute atomic E-state index is 12.0. The highest BCUT2D eigenvalue weighted by Gasteiger charge is 2.20. The fourth-order valence-electron chi connectivity index (χ4n) is 2.43. The van der Waals surface area contributed by atoms with Gasteiger partial charge < -0.3 is 15.1 Å². The third kappa shape index (κ3) is 5.19. The van der Waals surface area contributed by atoms with Gasteiger partial charge in [-0.05, 0) is 49.8 Å². The summed E-state index contributed by atoms with van der Waals surface area (Å²) in [6, 6.07) is 11.0. The van der Waals surface area contributed by atoms with Gasteiger partial charge in [-0.1, -0.05) is 26.0 Å². The third-order valence-corrected chi connectivity index (χ3v) is 3.99. The summed E-state index contributed by atoms with van der Waals surface area (Å²) in [6.45, 7) is 4.47. The van der Waals surface area contributed by atoms with E-state index in [4.69, 9.17) is 4.42 Å². The minimum Gasteiger partial charge on any atom is -0.468 e. The summed E-state index contributed by atoms with van der Waals surface area (Å²) in [6.07, 6.45) is 1.58. The fourth-order valence-corrected chi connectivity index (χ4v) is 2.43. The Morgan fingerprint density at radius 2 is 1.76 bits per heavy atom. The number of likely N-dealkylation sites (N-methyl/N-ethyl adjacent to an activating group) is 1. The van der Waals surface area contributed by atoms with Crippen LogP contribution in [0.4, 0.5) is 5.69 Å². The number of carbonyl (C=O) groups is 2. The number of nitrogens with zero attached hydrogens (tertiary/aromatic N) is 1. The zero-order valence-electron chi connectivity index (χ0n) is 15.1. The van der Waals surface area contributed by atoms with E-state index in [1.54, 1.807) is 24.5 Å². The molecule has 25 heavy (non-hydrogen) atoms. The van der Waals surface area contributed by atoms with E-state index in [1.807, 2.05) is 37.2 Å². The maximum atomic E-state index is 12.0. The molecular formula is C19H25N3O3. The molecule has 6 nitrogen and oxygen atoms in total. The van der Waals surface area contributed by atoms with Crippen molar-refractivity contribution in [3.63, 3.8) is 0 Å². The van der Waals surface area contributed by atoms with Gasteiger partial charge in [0.1, 0.15) is 5.76 Å². The predicted molar refractivity (Wildman–Crippen MR) is 97.3 cm³/mol. The van der Waals surface area contributed by atoms with Crippen LogP contribution in [0.25, 0.3) is 0 Å². The van der Waals surface area contributed by atoms with Crippen LogP contribution < -0.4 is 10.6 Å². The molecule has 2 N–H and O–H groups in total. The zero-order valence-corrected chi connectivity index (χ0v) is 15.1. The van der Waals surface area contributed by atoms with Gasteiger partial charge in [-0.25, -0.2) is 0 Å². The normalized spacial score (nSPS) is 12.2. The second-order valence-electron chi connectivity index (χ2n) is 6.44. The minimum atomic E-state index is -0.686. The number of nitrogens with one attached hydrogen (secondary N) is 2. The molecule has 2 aromatic rings. The quantitative estimate of drug-likeness (QED) is 0.791. The van der Waals surface area contributed by atoms with Crippen LogP contribution in [0.15, 0.2) is 47.1 Å². The lowest BCUT2D eigenvalue weighted by Gasteiger charge is -2.22. The molecule has 134 valence electrons. The van der Waals surface area contributed by atoms with Crippen molar-refractivity contribution in [3.8, 4) is 0 Å². The number of benzene rings is 1. The molecule has 0 unspecified atom stereocenters. The summed E-state index contributed by atoms with van der Waals surface area (Å²) in [5.74, 6) is -0.215. The van der Waals surface area contributed by atoms with E-state index < -0.39 is 11.8 Å². The Bertz CT molecular complexity index is 691. The van der Waals surface area contributed by atoms with Crippen LogP contribution in [-0.4, -0.2) is 37.4 Å². The van der Waals surface area contributed by atoms with Crippen molar-refractivity contribution >= 4 is 17.5 Å². The molecule has 0 saturated heterocycles. The molecule has 1 aromatic carbocycles. The molecule has 0 aliphatic carbocycles. The van der Waals surface area contributed by atoms with Crippen molar-refractivity contribution in [2.24, 2.45) is 0 Å². The van der Waals surface area contributed by atoms with E-state index in [1.165, 1.54) is 5.56 Å². The molecule has 0 spiro atoms.